The van der Waals surface area contributed by atoms with Crippen LogP contribution in [0.25, 0.3) is 0 Å². The van der Waals surface area contributed by atoms with E-state index in [1.54, 1.807) is 0 Å². The number of hydrogen-bond acceptors (Lipinski definition) is 1. The van der Waals surface area contributed by atoms with Crippen molar-refractivity contribution in [3.8, 4) is 5.75 Å². The monoisotopic (exact) mass is 234 g/mol. The van der Waals surface area contributed by atoms with Gasteiger partial charge in [0.05, 0.1) is 0 Å². The molecule has 0 atom stereocenters. The van der Waals surface area contributed by atoms with E-state index in [0.717, 1.165) is 32.1 Å². The molecule has 1 N–H and O–H groups in total. The SMILES string of the molecule is CCCc1c(C)c(CC)c(CC)c(CC)c1O. The summed E-state index contributed by atoms with van der Waals surface area (Å²) in [6.07, 6.45) is 5.10. The molecule has 1 aromatic carbocycles. The van der Waals surface area contributed by atoms with Gasteiger partial charge in [-0.3, -0.25) is 0 Å². The van der Waals surface area contributed by atoms with Gasteiger partial charge in [0, 0.05) is 0 Å². The zero-order chi connectivity index (χ0) is 13.0. The first kappa shape index (κ1) is 14.1. The average molecular weight is 234 g/mol. The molecule has 1 aromatic rings. The van der Waals surface area contributed by atoms with E-state index < -0.39 is 0 Å². The summed E-state index contributed by atoms with van der Waals surface area (Å²) in [6.45, 7) is 10.9. The van der Waals surface area contributed by atoms with Crippen molar-refractivity contribution < 1.29 is 5.11 Å². The minimum absolute atomic E-state index is 0.570. The van der Waals surface area contributed by atoms with E-state index in [2.05, 4.69) is 34.6 Å². The molecule has 0 spiro atoms. The van der Waals surface area contributed by atoms with Gasteiger partial charge in [0.25, 0.3) is 0 Å². The Morgan fingerprint density at radius 3 is 1.71 bits per heavy atom. The van der Waals surface area contributed by atoms with E-state index >= 15 is 0 Å². The fraction of sp³-hybridized carbons (Fsp3) is 0.625. The highest BCUT2D eigenvalue weighted by molar-refractivity contribution is 5.55. The standard InChI is InChI=1S/C16H26O/c1-6-10-15-11(5)12(7-2)13(8-3)14(9-4)16(15)17/h17H,6-10H2,1-5H3. The second-order valence-corrected chi connectivity index (χ2v) is 4.70. The largest absolute Gasteiger partial charge is 0.507 e. The molecular formula is C16H26O. The zero-order valence-corrected chi connectivity index (χ0v) is 12.0. The molecule has 96 valence electrons. The van der Waals surface area contributed by atoms with E-state index in [1.807, 2.05) is 0 Å². The van der Waals surface area contributed by atoms with Gasteiger partial charge in [0.15, 0.2) is 0 Å². The molecule has 0 heterocycles. The number of aromatic hydroxyl groups is 1. The van der Waals surface area contributed by atoms with Crippen LogP contribution in [0.3, 0.4) is 0 Å². The predicted octanol–water partition coefficient (Wildman–Crippen LogP) is 4.34. The maximum atomic E-state index is 10.4. The molecule has 0 amide bonds. The minimum Gasteiger partial charge on any atom is -0.507 e. The van der Waals surface area contributed by atoms with E-state index in [9.17, 15) is 5.11 Å². The third-order valence-electron chi connectivity index (χ3n) is 3.77. The van der Waals surface area contributed by atoms with Gasteiger partial charge < -0.3 is 5.11 Å². The third-order valence-corrected chi connectivity index (χ3v) is 3.77. The summed E-state index contributed by atoms with van der Waals surface area (Å²) in [7, 11) is 0. The molecule has 1 rings (SSSR count). The van der Waals surface area contributed by atoms with Crippen LogP contribution in [0.4, 0.5) is 0 Å². The first-order valence-electron chi connectivity index (χ1n) is 6.97. The maximum Gasteiger partial charge on any atom is 0.122 e. The summed E-state index contributed by atoms with van der Waals surface area (Å²) in [6, 6.07) is 0. The molecule has 1 nitrogen and oxygen atoms in total. The third kappa shape index (κ3) is 2.48. The maximum absolute atomic E-state index is 10.4. The van der Waals surface area contributed by atoms with Crippen LogP contribution in [-0.4, -0.2) is 5.11 Å². The molecule has 0 fully saturated rings. The molecule has 1 heteroatoms. The highest BCUT2D eigenvalue weighted by Gasteiger charge is 2.17. The highest BCUT2D eigenvalue weighted by atomic mass is 16.3. The first-order valence-corrected chi connectivity index (χ1v) is 6.97. The van der Waals surface area contributed by atoms with Gasteiger partial charge in [0.2, 0.25) is 0 Å². The summed E-state index contributed by atoms with van der Waals surface area (Å²) >= 11 is 0. The Balaban J connectivity index is 3.54. The number of phenolic OH excluding ortho intramolecular Hbond substituents is 1. The first-order chi connectivity index (χ1) is 8.12. The molecule has 0 aliphatic heterocycles. The summed E-state index contributed by atoms with van der Waals surface area (Å²) in [5.41, 5.74) is 6.52. The fourth-order valence-electron chi connectivity index (χ4n) is 2.94. The summed E-state index contributed by atoms with van der Waals surface area (Å²) < 4.78 is 0. The van der Waals surface area contributed by atoms with Crippen molar-refractivity contribution in [1.29, 1.82) is 0 Å². The van der Waals surface area contributed by atoms with Crippen molar-refractivity contribution in [1.82, 2.24) is 0 Å². The Morgan fingerprint density at radius 1 is 0.765 bits per heavy atom. The van der Waals surface area contributed by atoms with E-state index in [-0.39, 0.29) is 0 Å². The van der Waals surface area contributed by atoms with Crippen molar-refractivity contribution in [3.63, 3.8) is 0 Å². The Morgan fingerprint density at radius 2 is 1.29 bits per heavy atom. The van der Waals surface area contributed by atoms with Crippen LogP contribution >= 0.6 is 0 Å². The molecule has 17 heavy (non-hydrogen) atoms. The van der Waals surface area contributed by atoms with Crippen LogP contribution in [0.1, 0.15) is 61.9 Å². The Bertz CT molecular complexity index is 360. The van der Waals surface area contributed by atoms with Crippen molar-refractivity contribution in [3.05, 3.63) is 27.8 Å². The van der Waals surface area contributed by atoms with Crippen molar-refractivity contribution in [2.75, 3.05) is 0 Å². The van der Waals surface area contributed by atoms with Gasteiger partial charge in [-0.2, -0.15) is 0 Å². The molecule has 0 saturated heterocycles. The number of rotatable bonds is 5. The number of phenols is 1. The van der Waals surface area contributed by atoms with Gasteiger partial charge in [-0.05, 0) is 60.4 Å². The normalized spacial score (nSPS) is 10.9. The van der Waals surface area contributed by atoms with Gasteiger partial charge in [-0.1, -0.05) is 34.1 Å². The number of hydrogen-bond donors (Lipinski definition) is 1. The Hall–Kier alpha value is -0.980. The van der Waals surface area contributed by atoms with Crippen molar-refractivity contribution in [2.45, 2.75) is 66.7 Å². The topological polar surface area (TPSA) is 20.2 Å². The quantitative estimate of drug-likeness (QED) is 0.803. The van der Waals surface area contributed by atoms with Crippen molar-refractivity contribution in [2.24, 2.45) is 0 Å². The van der Waals surface area contributed by atoms with Crippen LogP contribution < -0.4 is 0 Å². The summed E-state index contributed by atoms with van der Waals surface area (Å²) in [4.78, 5) is 0. The average Bonchev–Trinajstić information content (AvgIpc) is 2.33. The summed E-state index contributed by atoms with van der Waals surface area (Å²) in [5.74, 6) is 0.570. The van der Waals surface area contributed by atoms with Crippen molar-refractivity contribution >= 4 is 0 Å². The van der Waals surface area contributed by atoms with Gasteiger partial charge >= 0.3 is 0 Å². The molecular weight excluding hydrogens is 208 g/mol. The van der Waals surface area contributed by atoms with Crippen LogP contribution in [0.15, 0.2) is 0 Å². The smallest absolute Gasteiger partial charge is 0.122 e. The molecule has 0 unspecified atom stereocenters. The zero-order valence-electron chi connectivity index (χ0n) is 12.0. The van der Waals surface area contributed by atoms with E-state index in [0.29, 0.717) is 5.75 Å². The lowest BCUT2D eigenvalue weighted by molar-refractivity contribution is 0.458. The summed E-state index contributed by atoms with van der Waals surface area (Å²) in [5, 5.41) is 10.4. The molecule has 0 aliphatic rings. The second kappa shape index (κ2) is 6.09. The lowest BCUT2D eigenvalue weighted by atomic mass is 9.86. The minimum atomic E-state index is 0.570. The van der Waals surface area contributed by atoms with Gasteiger partial charge in [-0.15, -0.1) is 0 Å². The highest BCUT2D eigenvalue weighted by Crippen LogP contribution is 2.35. The Labute approximate surface area is 106 Å². The lowest BCUT2D eigenvalue weighted by Gasteiger charge is -2.21. The molecule has 0 saturated carbocycles. The molecule has 0 radical (unpaired) electrons. The molecule has 0 aliphatic carbocycles. The molecule has 0 aromatic heterocycles. The lowest BCUT2D eigenvalue weighted by Crippen LogP contribution is -2.06. The van der Waals surface area contributed by atoms with Gasteiger partial charge in [0.1, 0.15) is 5.75 Å². The number of benzene rings is 1. The molecule has 0 bridgehead atoms. The Kier molecular flexibility index (Phi) is 5.04. The van der Waals surface area contributed by atoms with Crippen LogP contribution in [0.2, 0.25) is 0 Å². The predicted molar refractivity (Wildman–Crippen MR) is 75.0 cm³/mol. The van der Waals surface area contributed by atoms with E-state index in [1.165, 1.54) is 27.8 Å². The van der Waals surface area contributed by atoms with Crippen LogP contribution in [0.5, 0.6) is 5.75 Å². The van der Waals surface area contributed by atoms with Crippen LogP contribution in [-0.2, 0) is 25.7 Å². The second-order valence-electron chi connectivity index (χ2n) is 4.70. The van der Waals surface area contributed by atoms with E-state index in [4.69, 9.17) is 0 Å². The van der Waals surface area contributed by atoms with Gasteiger partial charge in [-0.25, -0.2) is 0 Å². The fourth-order valence-corrected chi connectivity index (χ4v) is 2.94. The van der Waals surface area contributed by atoms with Crippen LogP contribution in [0, 0.1) is 6.92 Å².